The van der Waals surface area contributed by atoms with Gasteiger partial charge in [-0.3, -0.25) is 4.90 Å². The number of thiazole rings is 1. The molecule has 0 amide bonds. The highest BCUT2D eigenvalue weighted by molar-refractivity contribution is 7.17. The molecule has 7 heteroatoms. The lowest BCUT2D eigenvalue weighted by Crippen LogP contribution is -2.41. The third kappa shape index (κ3) is 3.21. The van der Waals surface area contributed by atoms with Gasteiger partial charge in [-0.25, -0.2) is 4.98 Å². The van der Waals surface area contributed by atoms with E-state index in [2.05, 4.69) is 41.0 Å². The van der Waals surface area contributed by atoms with Gasteiger partial charge in [-0.15, -0.1) is 5.10 Å². The summed E-state index contributed by atoms with van der Waals surface area (Å²) in [7, 11) is 0. The van der Waals surface area contributed by atoms with Crippen LogP contribution in [-0.4, -0.2) is 37.7 Å². The van der Waals surface area contributed by atoms with Gasteiger partial charge in [0.2, 0.25) is 10.8 Å². The Morgan fingerprint density at radius 3 is 2.46 bits per heavy atom. The van der Waals surface area contributed by atoms with Crippen LogP contribution in [0.25, 0.3) is 4.96 Å². The predicted octanol–water partition coefficient (Wildman–Crippen LogP) is 4.53. The highest BCUT2D eigenvalue weighted by Gasteiger charge is 2.33. The van der Waals surface area contributed by atoms with E-state index in [1.54, 1.807) is 4.52 Å². The van der Waals surface area contributed by atoms with E-state index >= 15 is 0 Å². The molecule has 1 aromatic carbocycles. The minimum atomic E-state index is -0.0220. The first-order valence-corrected chi connectivity index (χ1v) is 10.2. The molecule has 4 rings (SSSR count). The van der Waals surface area contributed by atoms with E-state index in [1.807, 2.05) is 19.1 Å². The van der Waals surface area contributed by atoms with Crippen molar-refractivity contribution in [2.45, 2.75) is 33.2 Å². The molecule has 1 N–H and O–H groups in total. The second-order valence-electron chi connectivity index (χ2n) is 7.50. The zero-order valence-electron chi connectivity index (χ0n) is 15.2. The highest BCUT2D eigenvalue weighted by atomic mass is 35.5. The molecular formula is C19H23ClN4OS. The SMILES string of the molecule is Cc1nc2sc([C@@H](c3ccc(Cl)cc3)N3C[C@H](C)C[C@H](C)C3)c(O)n2n1. The summed E-state index contributed by atoms with van der Waals surface area (Å²) in [5.41, 5.74) is 1.13. The largest absolute Gasteiger partial charge is 0.492 e. The first-order valence-electron chi connectivity index (χ1n) is 8.97. The molecule has 0 radical (unpaired) electrons. The summed E-state index contributed by atoms with van der Waals surface area (Å²) in [6.45, 7) is 8.44. The Morgan fingerprint density at radius 2 is 1.85 bits per heavy atom. The summed E-state index contributed by atoms with van der Waals surface area (Å²) in [4.78, 5) is 8.52. The van der Waals surface area contributed by atoms with E-state index < -0.39 is 0 Å². The molecule has 0 spiro atoms. The van der Waals surface area contributed by atoms with Gasteiger partial charge in [-0.2, -0.15) is 4.52 Å². The average Bonchev–Trinajstić information content (AvgIpc) is 3.07. The van der Waals surface area contributed by atoms with Crippen molar-refractivity contribution in [2.24, 2.45) is 11.8 Å². The van der Waals surface area contributed by atoms with Crippen molar-refractivity contribution >= 4 is 27.9 Å². The molecule has 5 nitrogen and oxygen atoms in total. The molecule has 3 heterocycles. The number of hydrogen-bond donors (Lipinski definition) is 1. The number of piperidine rings is 1. The number of likely N-dealkylation sites (tertiary alicyclic amines) is 1. The van der Waals surface area contributed by atoms with Crippen molar-refractivity contribution < 1.29 is 5.11 Å². The molecule has 0 unspecified atom stereocenters. The molecule has 26 heavy (non-hydrogen) atoms. The molecule has 1 saturated heterocycles. The Labute approximate surface area is 162 Å². The topological polar surface area (TPSA) is 53.7 Å². The summed E-state index contributed by atoms with van der Waals surface area (Å²) < 4.78 is 1.55. The van der Waals surface area contributed by atoms with Crippen molar-refractivity contribution in [1.82, 2.24) is 19.5 Å². The molecule has 138 valence electrons. The summed E-state index contributed by atoms with van der Waals surface area (Å²) in [6, 6.07) is 7.92. The van der Waals surface area contributed by atoms with Crippen molar-refractivity contribution in [3.05, 3.63) is 45.6 Å². The fourth-order valence-corrected chi connectivity index (χ4v) is 5.41. The summed E-state index contributed by atoms with van der Waals surface area (Å²) in [5, 5.41) is 15.9. The van der Waals surface area contributed by atoms with Crippen LogP contribution >= 0.6 is 22.9 Å². The summed E-state index contributed by atoms with van der Waals surface area (Å²) >= 11 is 7.62. The fraction of sp³-hybridized carbons (Fsp3) is 0.474. The number of nitrogens with zero attached hydrogens (tertiary/aromatic N) is 4. The molecule has 1 fully saturated rings. The van der Waals surface area contributed by atoms with Crippen LogP contribution in [0.3, 0.4) is 0 Å². The second-order valence-corrected chi connectivity index (χ2v) is 8.94. The number of fused-ring (bicyclic) bond motifs is 1. The molecule has 0 saturated carbocycles. The van der Waals surface area contributed by atoms with Gasteiger partial charge in [0.25, 0.3) is 0 Å². The average molecular weight is 391 g/mol. The third-order valence-electron chi connectivity index (χ3n) is 5.00. The third-order valence-corrected chi connectivity index (χ3v) is 6.33. The fourth-order valence-electron chi connectivity index (χ4n) is 4.12. The molecule has 1 aliphatic heterocycles. The number of halogens is 1. The maximum Gasteiger partial charge on any atom is 0.230 e. The Hall–Kier alpha value is -1.63. The van der Waals surface area contributed by atoms with Crippen LogP contribution in [0.4, 0.5) is 0 Å². The number of hydrogen-bond acceptors (Lipinski definition) is 5. The number of benzene rings is 1. The Balaban J connectivity index is 1.82. The maximum atomic E-state index is 10.9. The van der Waals surface area contributed by atoms with Crippen molar-refractivity contribution in [1.29, 1.82) is 0 Å². The molecule has 2 aromatic heterocycles. The monoisotopic (exact) mass is 390 g/mol. The van der Waals surface area contributed by atoms with Gasteiger partial charge in [0, 0.05) is 18.1 Å². The van der Waals surface area contributed by atoms with Gasteiger partial charge in [-0.05, 0) is 42.9 Å². The smallest absolute Gasteiger partial charge is 0.230 e. The van der Waals surface area contributed by atoms with Gasteiger partial charge < -0.3 is 5.11 Å². The van der Waals surface area contributed by atoms with Crippen LogP contribution in [0, 0.1) is 18.8 Å². The summed E-state index contributed by atoms with van der Waals surface area (Å²) in [6.07, 6.45) is 1.24. The van der Waals surface area contributed by atoms with Gasteiger partial charge >= 0.3 is 0 Å². The van der Waals surface area contributed by atoms with E-state index in [-0.39, 0.29) is 11.9 Å². The summed E-state index contributed by atoms with van der Waals surface area (Å²) in [5.74, 6) is 2.11. The van der Waals surface area contributed by atoms with E-state index in [0.29, 0.717) is 17.7 Å². The van der Waals surface area contributed by atoms with Crippen LogP contribution in [0.2, 0.25) is 5.02 Å². The van der Waals surface area contributed by atoms with Gasteiger partial charge in [-0.1, -0.05) is 48.9 Å². The quantitative estimate of drug-likeness (QED) is 0.714. The zero-order valence-corrected chi connectivity index (χ0v) is 16.8. The normalized spacial score (nSPS) is 22.8. The molecule has 3 aromatic rings. The van der Waals surface area contributed by atoms with Crippen molar-refractivity contribution in [3.63, 3.8) is 0 Å². The second kappa shape index (κ2) is 6.83. The van der Waals surface area contributed by atoms with Crippen molar-refractivity contribution in [2.75, 3.05) is 13.1 Å². The molecule has 3 atom stereocenters. The van der Waals surface area contributed by atoms with Gasteiger partial charge in [0.15, 0.2) is 0 Å². The van der Waals surface area contributed by atoms with Gasteiger partial charge in [0.1, 0.15) is 5.82 Å². The lowest BCUT2D eigenvalue weighted by atomic mass is 9.89. The van der Waals surface area contributed by atoms with Crippen molar-refractivity contribution in [3.8, 4) is 5.88 Å². The molecule has 1 aliphatic rings. The number of aryl methyl sites for hydroxylation is 1. The van der Waals surface area contributed by atoms with E-state index in [4.69, 9.17) is 11.6 Å². The Kier molecular flexibility index (Phi) is 4.67. The zero-order chi connectivity index (χ0) is 18.4. The van der Waals surface area contributed by atoms with Crippen LogP contribution in [0.5, 0.6) is 5.88 Å². The first kappa shape index (κ1) is 17.8. The van der Waals surface area contributed by atoms with Crippen LogP contribution in [0.15, 0.2) is 24.3 Å². The number of aromatic hydroxyl groups is 1. The van der Waals surface area contributed by atoms with Crippen LogP contribution < -0.4 is 0 Å². The number of aromatic nitrogens is 3. The van der Waals surface area contributed by atoms with Crippen LogP contribution in [-0.2, 0) is 0 Å². The maximum absolute atomic E-state index is 10.9. The highest BCUT2D eigenvalue weighted by Crippen LogP contribution is 2.42. The predicted molar refractivity (Wildman–Crippen MR) is 105 cm³/mol. The molecular weight excluding hydrogens is 368 g/mol. The Morgan fingerprint density at radius 1 is 1.19 bits per heavy atom. The van der Waals surface area contributed by atoms with E-state index in [1.165, 1.54) is 17.8 Å². The minimum Gasteiger partial charge on any atom is -0.492 e. The number of rotatable bonds is 3. The standard InChI is InChI=1S/C19H23ClN4OS/c1-11-8-12(2)10-23(9-11)16(14-4-6-15(20)7-5-14)17-18(25)24-19(26-17)21-13(3)22-24/h4-7,11-12,16,25H,8-10H2,1-3H3/t11-,12+,16-/m1/s1. The lowest BCUT2D eigenvalue weighted by Gasteiger charge is -2.40. The Bertz CT molecular complexity index is 910. The van der Waals surface area contributed by atoms with Crippen LogP contribution in [0.1, 0.15) is 42.6 Å². The minimum absolute atomic E-state index is 0.0220. The van der Waals surface area contributed by atoms with Gasteiger partial charge in [0.05, 0.1) is 10.9 Å². The van der Waals surface area contributed by atoms with E-state index in [0.717, 1.165) is 33.5 Å². The van der Waals surface area contributed by atoms with E-state index in [9.17, 15) is 5.11 Å². The molecule has 0 aliphatic carbocycles. The lowest BCUT2D eigenvalue weighted by molar-refractivity contribution is 0.112. The first-order chi connectivity index (χ1) is 12.4. The molecule has 0 bridgehead atoms.